The molecule has 61 valence electrons. The van der Waals surface area contributed by atoms with E-state index in [0.29, 0.717) is 6.61 Å². The number of hydrogen-bond donors (Lipinski definition) is 0. The average Bonchev–Trinajstić information content (AvgIpc) is 1.82. The highest BCUT2D eigenvalue weighted by Gasteiger charge is 2.11. The first-order chi connectivity index (χ1) is 4.54. The minimum atomic E-state index is -0.580. The van der Waals surface area contributed by atoms with Gasteiger partial charge in [-0.3, -0.25) is 0 Å². The van der Waals surface area contributed by atoms with Crippen molar-refractivity contribution < 1.29 is 4.43 Å². The number of halogens is 2. The van der Waals surface area contributed by atoms with Crippen molar-refractivity contribution in [3.8, 4) is 0 Å². The molecule has 0 aromatic heterocycles. The van der Waals surface area contributed by atoms with Gasteiger partial charge in [-0.1, -0.05) is 6.92 Å². The van der Waals surface area contributed by atoms with E-state index in [1.807, 2.05) is 6.92 Å². The van der Waals surface area contributed by atoms with Gasteiger partial charge < -0.3 is 4.43 Å². The Morgan fingerprint density at radius 3 is 2.20 bits per heavy atom. The summed E-state index contributed by atoms with van der Waals surface area (Å²) in [6.45, 7) is 6.85. The van der Waals surface area contributed by atoms with Crippen molar-refractivity contribution in [3.63, 3.8) is 0 Å². The number of alkyl halides is 2. The van der Waals surface area contributed by atoms with Crippen molar-refractivity contribution in [3.05, 3.63) is 0 Å². The molecule has 0 aliphatic rings. The lowest BCUT2D eigenvalue weighted by Gasteiger charge is -2.13. The molecule has 0 rings (SSSR count). The monoisotopic (exact) mass is 199 g/mol. The molecule has 0 spiro atoms. The van der Waals surface area contributed by atoms with Gasteiger partial charge in [0, 0.05) is 12.5 Å². The van der Waals surface area contributed by atoms with Crippen LogP contribution >= 0.6 is 23.2 Å². The second-order valence-electron chi connectivity index (χ2n) is 2.53. The fraction of sp³-hybridized carbons (Fsp3) is 1.00. The van der Waals surface area contributed by atoms with Crippen molar-refractivity contribution in [2.45, 2.75) is 24.9 Å². The first kappa shape index (κ1) is 10.8. The van der Waals surface area contributed by atoms with Crippen LogP contribution in [0.5, 0.6) is 0 Å². The highest BCUT2D eigenvalue weighted by Crippen LogP contribution is 2.14. The highest BCUT2D eigenvalue weighted by atomic mass is 35.5. The molecule has 4 heteroatoms. The quantitative estimate of drug-likeness (QED) is 0.500. The average molecular weight is 200 g/mol. The van der Waals surface area contributed by atoms with E-state index in [9.17, 15) is 0 Å². The minimum absolute atomic E-state index is 0.239. The van der Waals surface area contributed by atoms with Gasteiger partial charge in [0.25, 0.3) is 0 Å². The van der Waals surface area contributed by atoms with Gasteiger partial charge >= 0.3 is 0 Å². The molecule has 0 aromatic rings. The molecule has 0 fully saturated rings. The zero-order valence-electron chi connectivity index (χ0n) is 6.53. The molecule has 0 heterocycles. The van der Waals surface area contributed by atoms with E-state index in [1.54, 1.807) is 0 Å². The van der Waals surface area contributed by atoms with Crippen LogP contribution in [0.3, 0.4) is 0 Å². The number of rotatable bonds is 4. The predicted molar refractivity (Wildman–Crippen MR) is 48.1 cm³/mol. The molecule has 0 aliphatic carbocycles. The summed E-state index contributed by atoms with van der Waals surface area (Å²) in [6.07, 6.45) is 0. The van der Waals surface area contributed by atoms with Gasteiger partial charge in [0.2, 0.25) is 9.04 Å². The van der Waals surface area contributed by atoms with E-state index < -0.39 is 9.04 Å². The summed E-state index contributed by atoms with van der Waals surface area (Å²) in [4.78, 5) is -0.304. The van der Waals surface area contributed by atoms with Gasteiger partial charge in [-0.15, -0.1) is 23.2 Å². The first-order valence-corrected chi connectivity index (χ1v) is 6.53. The SMILES string of the molecule is CC(CO[Si](C)C)C(Cl)Cl. The van der Waals surface area contributed by atoms with Crippen LogP contribution in [0.1, 0.15) is 6.92 Å². The number of hydrogen-bond acceptors (Lipinski definition) is 1. The standard InChI is InChI=1S/C6H13Cl2OSi/c1-5(6(7)8)4-9-10(2)3/h5-6H,4H2,1-3H3. The Bertz CT molecular complexity index is 87.8. The van der Waals surface area contributed by atoms with Crippen LogP contribution in [-0.2, 0) is 4.43 Å². The molecule has 0 amide bonds. The maximum Gasteiger partial charge on any atom is 0.204 e. The Morgan fingerprint density at radius 1 is 1.40 bits per heavy atom. The normalized spacial score (nSPS) is 14.7. The van der Waals surface area contributed by atoms with Crippen molar-refractivity contribution in [2.24, 2.45) is 5.92 Å². The molecule has 10 heavy (non-hydrogen) atoms. The van der Waals surface area contributed by atoms with E-state index in [-0.39, 0.29) is 10.8 Å². The Morgan fingerprint density at radius 2 is 1.90 bits per heavy atom. The molecule has 1 radical (unpaired) electrons. The van der Waals surface area contributed by atoms with E-state index in [0.717, 1.165) is 0 Å². The summed E-state index contributed by atoms with van der Waals surface area (Å²) < 4.78 is 5.40. The Balaban J connectivity index is 3.30. The molecular formula is C6H13Cl2OSi. The van der Waals surface area contributed by atoms with Crippen LogP contribution in [0.25, 0.3) is 0 Å². The van der Waals surface area contributed by atoms with Gasteiger partial charge in [0.05, 0.1) is 0 Å². The largest absolute Gasteiger partial charge is 0.417 e. The molecule has 0 aliphatic heterocycles. The topological polar surface area (TPSA) is 9.23 Å². The molecule has 1 atom stereocenters. The fourth-order valence-corrected chi connectivity index (χ4v) is 1.11. The van der Waals surface area contributed by atoms with Crippen LogP contribution < -0.4 is 0 Å². The smallest absolute Gasteiger partial charge is 0.204 e. The van der Waals surface area contributed by atoms with Crippen molar-refractivity contribution >= 4 is 32.2 Å². The Labute approximate surface area is 74.4 Å². The second-order valence-corrected chi connectivity index (χ2v) is 5.80. The van der Waals surface area contributed by atoms with Crippen LogP contribution in [-0.4, -0.2) is 20.5 Å². The molecule has 0 saturated carbocycles. The molecule has 1 nitrogen and oxygen atoms in total. The van der Waals surface area contributed by atoms with Crippen LogP contribution in [0, 0.1) is 5.92 Å². The lowest BCUT2D eigenvalue weighted by atomic mass is 10.2. The summed E-state index contributed by atoms with van der Waals surface area (Å²) in [5.41, 5.74) is 0. The van der Waals surface area contributed by atoms with Gasteiger partial charge in [-0.2, -0.15) is 0 Å². The van der Waals surface area contributed by atoms with Crippen molar-refractivity contribution in [1.82, 2.24) is 0 Å². The lowest BCUT2D eigenvalue weighted by Crippen LogP contribution is -2.18. The van der Waals surface area contributed by atoms with E-state index >= 15 is 0 Å². The van der Waals surface area contributed by atoms with E-state index in [2.05, 4.69) is 13.1 Å². The third kappa shape index (κ3) is 5.53. The van der Waals surface area contributed by atoms with Crippen molar-refractivity contribution in [1.29, 1.82) is 0 Å². The molecule has 0 bridgehead atoms. The van der Waals surface area contributed by atoms with Gasteiger partial charge in [0.1, 0.15) is 4.84 Å². The first-order valence-electron chi connectivity index (χ1n) is 3.25. The van der Waals surface area contributed by atoms with Crippen LogP contribution in [0.4, 0.5) is 0 Å². The summed E-state index contributed by atoms with van der Waals surface area (Å²) in [7, 11) is -0.580. The highest BCUT2D eigenvalue weighted by molar-refractivity contribution is 6.48. The second kappa shape index (κ2) is 5.41. The minimum Gasteiger partial charge on any atom is -0.417 e. The third-order valence-electron chi connectivity index (χ3n) is 1.07. The molecule has 0 aromatic carbocycles. The summed E-state index contributed by atoms with van der Waals surface area (Å²) in [6, 6.07) is 0. The van der Waals surface area contributed by atoms with Gasteiger partial charge in [-0.25, -0.2) is 0 Å². The predicted octanol–water partition coefficient (Wildman–Crippen LogP) is 2.69. The van der Waals surface area contributed by atoms with Gasteiger partial charge in [-0.05, 0) is 13.1 Å². The van der Waals surface area contributed by atoms with Crippen LogP contribution in [0.15, 0.2) is 0 Å². The Hall–Kier alpha value is 0.757. The summed E-state index contributed by atoms with van der Waals surface area (Å²) >= 11 is 11.2. The van der Waals surface area contributed by atoms with Gasteiger partial charge in [0.15, 0.2) is 0 Å². The van der Waals surface area contributed by atoms with E-state index in [1.165, 1.54) is 0 Å². The van der Waals surface area contributed by atoms with Crippen molar-refractivity contribution in [2.75, 3.05) is 6.61 Å². The molecule has 1 unspecified atom stereocenters. The zero-order chi connectivity index (χ0) is 8.15. The summed E-state index contributed by atoms with van der Waals surface area (Å²) in [5, 5.41) is 0. The molecule has 0 N–H and O–H groups in total. The third-order valence-corrected chi connectivity index (χ3v) is 2.67. The molecular weight excluding hydrogens is 187 g/mol. The lowest BCUT2D eigenvalue weighted by molar-refractivity contribution is 0.273. The zero-order valence-corrected chi connectivity index (χ0v) is 9.04. The summed E-state index contributed by atoms with van der Waals surface area (Å²) in [5.74, 6) is 0.239. The maximum atomic E-state index is 5.61. The molecule has 0 saturated heterocycles. The fourth-order valence-electron chi connectivity index (χ4n) is 0.371. The maximum absolute atomic E-state index is 5.61. The Kier molecular flexibility index (Phi) is 5.82. The van der Waals surface area contributed by atoms with Crippen LogP contribution in [0.2, 0.25) is 13.1 Å². The van der Waals surface area contributed by atoms with E-state index in [4.69, 9.17) is 27.6 Å².